The molecule has 3 N–H and O–H groups in total. The van der Waals surface area contributed by atoms with Crippen LogP contribution in [-0.4, -0.2) is 14.3 Å². The molecular formula is C8H12N2O2S. The number of thiol groups is 1. The molecule has 1 aromatic rings. The molecule has 0 aromatic heterocycles. The Kier molecular flexibility index (Phi) is 3.72. The van der Waals surface area contributed by atoms with Gasteiger partial charge in [-0.3, -0.25) is 0 Å². The number of nitrogens with one attached hydrogen (secondary N) is 1. The van der Waals surface area contributed by atoms with Crippen LogP contribution in [0, 0.1) is 0 Å². The van der Waals surface area contributed by atoms with E-state index in [4.69, 9.17) is 5.73 Å². The van der Waals surface area contributed by atoms with Crippen LogP contribution < -0.4 is 11.1 Å². The van der Waals surface area contributed by atoms with Gasteiger partial charge in [0.2, 0.25) is 0 Å². The molecule has 0 bridgehead atoms. The van der Waals surface area contributed by atoms with Gasteiger partial charge in [0.25, 0.3) is 0 Å². The summed E-state index contributed by atoms with van der Waals surface area (Å²) in [7, 11) is -2.38. The molecule has 0 fully saturated rings. The molecule has 0 atom stereocenters. The summed E-state index contributed by atoms with van der Waals surface area (Å²) in [6.07, 6.45) is 0. The molecule has 0 aliphatic heterocycles. The van der Waals surface area contributed by atoms with E-state index in [1.165, 1.54) is 0 Å². The van der Waals surface area contributed by atoms with Gasteiger partial charge in [0, 0.05) is 12.2 Å². The quantitative estimate of drug-likeness (QED) is 0.604. The molecule has 1 rings (SSSR count). The number of rotatable bonds is 4. The van der Waals surface area contributed by atoms with Crippen LogP contribution in [0.25, 0.3) is 0 Å². The maximum absolute atomic E-state index is 10.3. The lowest BCUT2D eigenvalue weighted by atomic mass is 10.2. The second-order valence-corrected chi connectivity index (χ2v) is 3.55. The minimum Gasteiger partial charge on any atom is -0.372 e. The Balaban J connectivity index is 2.66. The van der Waals surface area contributed by atoms with Crippen LogP contribution in [0.4, 0.5) is 5.69 Å². The number of hydrogen-bond acceptors (Lipinski definition) is 4. The summed E-state index contributed by atoms with van der Waals surface area (Å²) in [5.41, 5.74) is 7.19. The fourth-order valence-electron chi connectivity index (χ4n) is 0.964. The van der Waals surface area contributed by atoms with Crippen molar-refractivity contribution in [1.29, 1.82) is 0 Å². The first-order chi connectivity index (χ1) is 6.22. The lowest BCUT2D eigenvalue weighted by Crippen LogP contribution is -2.03. The highest BCUT2D eigenvalue weighted by Gasteiger charge is 1.93. The van der Waals surface area contributed by atoms with Crippen LogP contribution in [0.3, 0.4) is 0 Å². The van der Waals surface area contributed by atoms with Gasteiger partial charge < -0.3 is 11.1 Å². The number of hydrogen-bond donors (Lipinski definition) is 3. The van der Waals surface area contributed by atoms with Crippen LogP contribution >= 0.6 is 0 Å². The molecule has 72 valence electrons. The Morgan fingerprint density at radius 3 is 2.77 bits per heavy atom. The average molecular weight is 200 g/mol. The van der Waals surface area contributed by atoms with Crippen molar-refractivity contribution in [3.05, 3.63) is 29.8 Å². The Morgan fingerprint density at radius 1 is 1.38 bits per heavy atom. The maximum Gasteiger partial charge on any atom is 0.158 e. The standard InChI is InChI=1S/C8H12N2O2S/c9-5-7-2-1-3-8(4-7)10-6-13(11)12/h1-4,10,13H,5-6,9H2. The molecule has 4 nitrogen and oxygen atoms in total. The number of benzene rings is 1. The molecule has 0 radical (unpaired) electrons. The van der Waals surface area contributed by atoms with Crippen LogP contribution in [0.2, 0.25) is 0 Å². The second kappa shape index (κ2) is 4.84. The molecule has 1 aromatic carbocycles. The summed E-state index contributed by atoms with van der Waals surface area (Å²) < 4.78 is 20.6. The number of nitrogens with two attached hydrogens (primary N) is 1. The highest BCUT2D eigenvalue weighted by Crippen LogP contribution is 2.09. The average Bonchev–Trinajstić information content (AvgIpc) is 2.15. The summed E-state index contributed by atoms with van der Waals surface area (Å²) >= 11 is 0. The van der Waals surface area contributed by atoms with Gasteiger partial charge in [-0.1, -0.05) is 12.1 Å². The van der Waals surface area contributed by atoms with Gasteiger partial charge >= 0.3 is 0 Å². The van der Waals surface area contributed by atoms with Crippen molar-refractivity contribution in [2.45, 2.75) is 6.54 Å². The van der Waals surface area contributed by atoms with Gasteiger partial charge in [0.15, 0.2) is 10.7 Å². The summed E-state index contributed by atoms with van der Waals surface area (Å²) in [5, 5.41) is 2.77. The summed E-state index contributed by atoms with van der Waals surface area (Å²) in [6, 6.07) is 7.36. The zero-order valence-corrected chi connectivity index (χ0v) is 7.96. The van der Waals surface area contributed by atoms with E-state index in [0.717, 1.165) is 11.3 Å². The molecule has 0 aliphatic rings. The van der Waals surface area contributed by atoms with E-state index >= 15 is 0 Å². The molecule has 0 heterocycles. The third-order valence-electron chi connectivity index (χ3n) is 1.57. The first-order valence-corrected chi connectivity index (χ1v) is 5.23. The third-order valence-corrected chi connectivity index (χ3v) is 1.99. The molecular weight excluding hydrogens is 188 g/mol. The van der Waals surface area contributed by atoms with E-state index < -0.39 is 10.7 Å². The Bertz CT molecular complexity index is 342. The monoisotopic (exact) mass is 200 g/mol. The van der Waals surface area contributed by atoms with Gasteiger partial charge in [-0.05, 0) is 17.7 Å². The van der Waals surface area contributed by atoms with E-state index in [0.29, 0.717) is 6.54 Å². The van der Waals surface area contributed by atoms with Crippen molar-refractivity contribution in [3.8, 4) is 0 Å². The van der Waals surface area contributed by atoms with E-state index in [1.807, 2.05) is 18.2 Å². The van der Waals surface area contributed by atoms with Gasteiger partial charge in [-0.25, -0.2) is 8.42 Å². The molecule has 5 heteroatoms. The highest BCUT2D eigenvalue weighted by atomic mass is 32.2. The molecule has 0 saturated carbocycles. The normalized spacial score (nSPS) is 10.3. The predicted molar refractivity (Wildman–Crippen MR) is 53.1 cm³/mol. The van der Waals surface area contributed by atoms with Crippen molar-refractivity contribution in [2.24, 2.45) is 5.73 Å². The van der Waals surface area contributed by atoms with Gasteiger partial charge in [-0.2, -0.15) is 0 Å². The summed E-state index contributed by atoms with van der Waals surface area (Å²) in [4.78, 5) is 0. The fourth-order valence-corrected chi connectivity index (χ4v) is 1.28. The molecule has 13 heavy (non-hydrogen) atoms. The van der Waals surface area contributed by atoms with Crippen molar-refractivity contribution in [3.63, 3.8) is 0 Å². The first-order valence-electron chi connectivity index (χ1n) is 3.87. The van der Waals surface area contributed by atoms with E-state index in [2.05, 4.69) is 5.32 Å². The van der Waals surface area contributed by atoms with Crippen molar-refractivity contribution in [1.82, 2.24) is 0 Å². The maximum atomic E-state index is 10.3. The van der Waals surface area contributed by atoms with Gasteiger partial charge in [0.05, 0.1) is 0 Å². The van der Waals surface area contributed by atoms with E-state index in [-0.39, 0.29) is 5.88 Å². The second-order valence-electron chi connectivity index (χ2n) is 2.57. The largest absolute Gasteiger partial charge is 0.372 e. The van der Waals surface area contributed by atoms with Crippen LogP contribution in [0.15, 0.2) is 24.3 Å². The molecule has 0 amide bonds. The summed E-state index contributed by atoms with van der Waals surface area (Å²) in [6.45, 7) is 0.457. The zero-order chi connectivity index (χ0) is 9.68. The van der Waals surface area contributed by atoms with Crippen LogP contribution in [0.1, 0.15) is 5.56 Å². The zero-order valence-electron chi connectivity index (χ0n) is 7.06. The fraction of sp³-hybridized carbons (Fsp3) is 0.250. The molecule has 0 saturated heterocycles. The van der Waals surface area contributed by atoms with Gasteiger partial charge in [-0.15, -0.1) is 0 Å². The summed E-state index contributed by atoms with van der Waals surface area (Å²) in [5.74, 6) is -0.0383. The first kappa shape index (κ1) is 10.0. The number of anilines is 1. The minimum absolute atomic E-state index is 0.0383. The third kappa shape index (κ3) is 3.43. The topological polar surface area (TPSA) is 72.2 Å². The van der Waals surface area contributed by atoms with E-state index in [9.17, 15) is 8.42 Å². The molecule has 0 spiro atoms. The van der Waals surface area contributed by atoms with Gasteiger partial charge in [0.1, 0.15) is 5.88 Å². The van der Waals surface area contributed by atoms with Crippen LogP contribution in [0.5, 0.6) is 0 Å². The van der Waals surface area contributed by atoms with Crippen molar-refractivity contribution >= 4 is 16.4 Å². The van der Waals surface area contributed by atoms with Crippen LogP contribution in [-0.2, 0) is 17.2 Å². The Morgan fingerprint density at radius 2 is 2.15 bits per heavy atom. The lowest BCUT2D eigenvalue weighted by molar-refractivity contribution is 0.616. The highest BCUT2D eigenvalue weighted by molar-refractivity contribution is 7.72. The predicted octanol–water partition coefficient (Wildman–Crippen LogP) is 0.126. The molecule has 0 unspecified atom stereocenters. The van der Waals surface area contributed by atoms with Crippen molar-refractivity contribution in [2.75, 3.05) is 11.2 Å². The SMILES string of the molecule is NCc1cccc(NC[SH](=O)=O)c1. The Labute approximate surface area is 78.7 Å². The smallest absolute Gasteiger partial charge is 0.158 e. The van der Waals surface area contributed by atoms with E-state index in [1.54, 1.807) is 6.07 Å². The Hall–Kier alpha value is -1.07. The molecule has 0 aliphatic carbocycles. The lowest BCUT2D eigenvalue weighted by Gasteiger charge is -2.03. The minimum atomic E-state index is -2.38. The van der Waals surface area contributed by atoms with Crippen molar-refractivity contribution < 1.29 is 8.42 Å².